The van der Waals surface area contributed by atoms with E-state index in [1.54, 1.807) is 6.07 Å². The number of piperidine rings is 3. The molecule has 30 heavy (non-hydrogen) atoms. The van der Waals surface area contributed by atoms with Gasteiger partial charge in [-0.1, -0.05) is 18.5 Å². The Morgan fingerprint density at radius 1 is 1.03 bits per heavy atom. The number of hydrogen-bond donors (Lipinski definition) is 0. The maximum absolute atomic E-state index is 13.1. The minimum atomic E-state index is 0.0839. The van der Waals surface area contributed by atoms with Crippen LogP contribution in [0.3, 0.4) is 0 Å². The number of hydrogen-bond acceptors (Lipinski definition) is 4. The maximum atomic E-state index is 13.1. The van der Waals surface area contributed by atoms with Gasteiger partial charge in [0.15, 0.2) is 0 Å². The summed E-state index contributed by atoms with van der Waals surface area (Å²) < 4.78 is 6.39. The Kier molecular flexibility index (Phi) is 7.55. The lowest BCUT2D eigenvalue weighted by Gasteiger charge is -2.42. The zero-order valence-corrected chi connectivity index (χ0v) is 19.1. The summed E-state index contributed by atoms with van der Waals surface area (Å²) in [5, 5.41) is 0.625. The summed E-state index contributed by atoms with van der Waals surface area (Å²) in [5.74, 6) is 0.743. The van der Waals surface area contributed by atoms with Crippen molar-refractivity contribution in [1.29, 1.82) is 0 Å². The second kappa shape index (κ2) is 10.3. The molecule has 3 aliphatic rings. The molecule has 0 aliphatic carbocycles. The molecule has 1 aromatic carbocycles. The van der Waals surface area contributed by atoms with Crippen molar-refractivity contribution in [3.63, 3.8) is 0 Å². The summed E-state index contributed by atoms with van der Waals surface area (Å²) in [5.41, 5.74) is 0.662. The van der Waals surface area contributed by atoms with Crippen LogP contribution < -0.4 is 4.74 Å². The minimum Gasteiger partial charge on any atom is -0.489 e. The third kappa shape index (κ3) is 5.30. The largest absolute Gasteiger partial charge is 0.489 e. The van der Waals surface area contributed by atoms with E-state index >= 15 is 0 Å². The van der Waals surface area contributed by atoms with Gasteiger partial charge in [-0.3, -0.25) is 9.69 Å². The van der Waals surface area contributed by atoms with Crippen molar-refractivity contribution in [2.24, 2.45) is 0 Å². The van der Waals surface area contributed by atoms with E-state index in [4.69, 9.17) is 16.3 Å². The number of ether oxygens (including phenoxy) is 1. The molecule has 4 rings (SSSR count). The standard InChI is InChI=1S/C24H36ClN3O2/c1-2-26-12-6-7-20(18-26)27-15-10-21(11-16-27)30-23-17-19(25)8-9-22(23)24(29)28-13-4-3-5-14-28/h8-9,17,20-21H,2-7,10-16,18H2,1H3/t20-/m0/s1. The van der Waals surface area contributed by atoms with Crippen LogP contribution in [0.5, 0.6) is 5.75 Å². The van der Waals surface area contributed by atoms with Crippen LogP contribution in [0.4, 0.5) is 0 Å². The highest BCUT2D eigenvalue weighted by molar-refractivity contribution is 6.30. The van der Waals surface area contributed by atoms with Crippen LogP contribution in [-0.2, 0) is 0 Å². The number of amides is 1. The van der Waals surface area contributed by atoms with E-state index in [0.29, 0.717) is 22.4 Å². The second-order valence-corrected chi connectivity index (χ2v) is 9.47. The van der Waals surface area contributed by atoms with E-state index in [1.807, 2.05) is 17.0 Å². The summed E-state index contributed by atoms with van der Waals surface area (Å²) in [6.45, 7) is 9.69. The van der Waals surface area contributed by atoms with Gasteiger partial charge in [0.2, 0.25) is 0 Å². The molecule has 6 heteroatoms. The summed E-state index contributed by atoms with van der Waals surface area (Å²) in [6.07, 6.45) is 8.17. The average Bonchev–Trinajstić information content (AvgIpc) is 2.80. The van der Waals surface area contributed by atoms with Crippen molar-refractivity contribution >= 4 is 17.5 Å². The molecule has 1 amide bonds. The molecular weight excluding hydrogens is 398 g/mol. The first-order valence-corrected chi connectivity index (χ1v) is 12.2. The zero-order valence-electron chi connectivity index (χ0n) is 18.3. The van der Waals surface area contributed by atoms with Crippen LogP contribution in [0.15, 0.2) is 18.2 Å². The Morgan fingerprint density at radius 2 is 1.80 bits per heavy atom. The first-order chi connectivity index (χ1) is 14.6. The first-order valence-electron chi connectivity index (χ1n) is 11.9. The van der Waals surface area contributed by atoms with E-state index in [1.165, 1.54) is 32.4 Å². The molecule has 3 fully saturated rings. The molecule has 0 bridgehead atoms. The fourth-order valence-corrected chi connectivity index (χ4v) is 5.35. The van der Waals surface area contributed by atoms with Gasteiger partial charge in [-0.25, -0.2) is 0 Å². The van der Waals surface area contributed by atoms with Gasteiger partial charge in [0.05, 0.1) is 5.56 Å². The normalized spacial score (nSPS) is 24.7. The Balaban J connectivity index is 1.37. The maximum Gasteiger partial charge on any atom is 0.257 e. The third-order valence-electron chi connectivity index (χ3n) is 7.03. The topological polar surface area (TPSA) is 36.0 Å². The number of carbonyl (C=O) groups excluding carboxylic acids is 1. The van der Waals surface area contributed by atoms with Gasteiger partial charge in [-0.15, -0.1) is 0 Å². The molecule has 0 spiro atoms. The highest BCUT2D eigenvalue weighted by Crippen LogP contribution is 2.29. The number of carbonyl (C=O) groups is 1. The van der Waals surface area contributed by atoms with Crippen molar-refractivity contribution in [2.75, 3.05) is 45.8 Å². The van der Waals surface area contributed by atoms with Crippen molar-refractivity contribution in [2.45, 2.75) is 64.0 Å². The Bertz CT molecular complexity index is 714. The number of rotatable bonds is 5. The highest BCUT2D eigenvalue weighted by atomic mass is 35.5. The smallest absolute Gasteiger partial charge is 0.257 e. The fourth-order valence-electron chi connectivity index (χ4n) is 5.19. The average molecular weight is 434 g/mol. The fraction of sp³-hybridized carbons (Fsp3) is 0.708. The van der Waals surface area contributed by atoms with E-state index in [2.05, 4.69) is 16.7 Å². The lowest BCUT2D eigenvalue weighted by molar-refractivity contribution is 0.0432. The van der Waals surface area contributed by atoms with E-state index < -0.39 is 0 Å². The molecule has 0 radical (unpaired) electrons. The Hall–Kier alpha value is -1.30. The SMILES string of the molecule is CCN1CCC[C@H](N2CCC(Oc3cc(Cl)ccc3C(=O)N3CCCCC3)CC2)C1. The van der Waals surface area contributed by atoms with E-state index in [0.717, 1.165) is 58.4 Å². The molecule has 0 N–H and O–H groups in total. The van der Waals surface area contributed by atoms with Gasteiger partial charge in [-0.05, 0) is 76.2 Å². The molecule has 0 unspecified atom stereocenters. The predicted octanol–water partition coefficient (Wildman–Crippen LogP) is 4.29. The third-order valence-corrected chi connectivity index (χ3v) is 7.27. The molecule has 0 saturated carbocycles. The zero-order chi connectivity index (χ0) is 20.9. The molecular formula is C24H36ClN3O2. The van der Waals surface area contributed by atoms with E-state index in [9.17, 15) is 4.79 Å². The summed E-state index contributed by atoms with van der Waals surface area (Å²) in [4.78, 5) is 20.3. The second-order valence-electron chi connectivity index (χ2n) is 9.04. The monoisotopic (exact) mass is 433 g/mol. The molecule has 3 heterocycles. The highest BCUT2D eigenvalue weighted by Gasteiger charge is 2.30. The molecule has 3 saturated heterocycles. The van der Waals surface area contributed by atoms with Crippen LogP contribution in [0.2, 0.25) is 5.02 Å². The lowest BCUT2D eigenvalue weighted by Crippen LogP contribution is -2.51. The van der Waals surface area contributed by atoms with Gasteiger partial charge in [0.25, 0.3) is 5.91 Å². The minimum absolute atomic E-state index is 0.0839. The van der Waals surface area contributed by atoms with Crippen LogP contribution in [0.25, 0.3) is 0 Å². The Morgan fingerprint density at radius 3 is 2.53 bits per heavy atom. The molecule has 1 aromatic rings. The van der Waals surface area contributed by atoms with Crippen molar-refractivity contribution in [3.05, 3.63) is 28.8 Å². The van der Waals surface area contributed by atoms with Gasteiger partial charge in [0.1, 0.15) is 11.9 Å². The van der Waals surface area contributed by atoms with E-state index in [-0.39, 0.29) is 12.0 Å². The van der Waals surface area contributed by atoms with Crippen LogP contribution >= 0.6 is 11.6 Å². The van der Waals surface area contributed by atoms with Gasteiger partial charge in [-0.2, -0.15) is 0 Å². The molecule has 166 valence electrons. The first kappa shape index (κ1) is 21.9. The Labute approximate surface area is 186 Å². The molecule has 3 aliphatic heterocycles. The quantitative estimate of drug-likeness (QED) is 0.693. The van der Waals surface area contributed by atoms with Crippen molar-refractivity contribution in [1.82, 2.24) is 14.7 Å². The number of likely N-dealkylation sites (N-methyl/N-ethyl adjacent to an activating group) is 1. The predicted molar refractivity (Wildman–Crippen MR) is 122 cm³/mol. The summed E-state index contributed by atoms with van der Waals surface area (Å²) >= 11 is 6.26. The van der Waals surface area contributed by atoms with Crippen LogP contribution in [0, 0.1) is 0 Å². The van der Waals surface area contributed by atoms with Crippen LogP contribution in [0.1, 0.15) is 62.2 Å². The summed E-state index contributed by atoms with van der Waals surface area (Å²) in [7, 11) is 0. The molecule has 0 aromatic heterocycles. The number of halogens is 1. The lowest BCUT2D eigenvalue weighted by atomic mass is 9.99. The van der Waals surface area contributed by atoms with Gasteiger partial charge >= 0.3 is 0 Å². The molecule has 5 nitrogen and oxygen atoms in total. The van der Waals surface area contributed by atoms with Crippen LogP contribution in [-0.4, -0.2) is 78.6 Å². The van der Waals surface area contributed by atoms with Gasteiger partial charge < -0.3 is 14.5 Å². The van der Waals surface area contributed by atoms with Crippen molar-refractivity contribution in [3.8, 4) is 5.75 Å². The number of benzene rings is 1. The number of likely N-dealkylation sites (tertiary alicyclic amines) is 3. The molecule has 1 atom stereocenters. The van der Waals surface area contributed by atoms with Gasteiger partial charge in [0, 0.05) is 43.8 Å². The number of nitrogens with zero attached hydrogens (tertiary/aromatic N) is 3. The van der Waals surface area contributed by atoms with Crippen molar-refractivity contribution < 1.29 is 9.53 Å². The summed E-state index contributed by atoms with van der Waals surface area (Å²) in [6, 6.07) is 6.15.